The molecular formula is C28H32F4N10OS2. The Kier molecular flexibility index (Phi) is 7.89. The molecule has 1 aliphatic carbocycles. The van der Waals surface area contributed by atoms with E-state index in [0.29, 0.717) is 35.0 Å². The number of thiophene rings is 1. The van der Waals surface area contributed by atoms with Crippen molar-refractivity contribution in [2.45, 2.75) is 42.2 Å². The van der Waals surface area contributed by atoms with Crippen molar-refractivity contribution >= 4 is 45.8 Å². The van der Waals surface area contributed by atoms with Gasteiger partial charge in [-0.2, -0.15) is 20.2 Å². The molecular weight excluding hydrogens is 633 g/mol. The summed E-state index contributed by atoms with van der Waals surface area (Å²) in [6, 6.07) is 4.58. The molecule has 1 saturated carbocycles. The fourth-order valence-electron chi connectivity index (χ4n) is 6.17. The summed E-state index contributed by atoms with van der Waals surface area (Å²) < 4.78 is 62.4. The summed E-state index contributed by atoms with van der Waals surface area (Å²) in [5, 5.41) is 10.2. The van der Waals surface area contributed by atoms with Crippen molar-refractivity contribution in [1.82, 2.24) is 24.8 Å². The Morgan fingerprint density at radius 2 is 1.93 bits per heavy atom. The van der Waals surface area contributed by atoms with E-state index in [1.165, 1.54) is 22.4 Å². The number of anilines is 4. The highest BCUT2D eigenvalue weighted by Gasteiger charge is 2.71. The summed E-state index contributed by atoms with van der Waals surface area (Å²) in [4.78, 5) is 23.3. The standard InChI is InChI=1S/C28H32F4N10OS2/c1-15(16-5-4-6-36-21(16)34)42(8-19(29)30)24-37-23(38-25(39-24)43-14-26(11-40(2)3)10-28(26,31)32)41-12-27(13-41)20-17(7-33)22(35)45-18(20)9-44-27/h4-6,15,19H,8-14,35H2,1-3H3,(H2,34,36)/t15-,26?/m1/s1. The third-order valence-corrected chi connectivity index (χ3v) is 11.2. The number of halogens is 4. The number of ether oxygens (including phenoxy) is 1. The number of hydrogen-bond acceptors (Lipinski definition) is 13. The van der Waals surface area contributed by atoms with Gasteiger partial charge in [-0.25, -0.2) is 22.5 Å². The number of hydrogen-bond donors (Lipinski definition) is 2. The Balaban J connectivity index is 1.35. The van der Waals surface area contributed by atoms with E-state index in [4.69, 9.17) is 16.2 Å². The fraction of sp³-hybridized carbons (Fsp3) is 0.536. The van der Waals surface area contributed by atoms with Crippen LogP contribution in [0.5, 0.6) is 6.01 Å². The Bertz CT molecular complexity index is 1640. The molecule has 3 aromatic rings. The molecule has 17 heteroatoms. The number of rotatable bonds is 11. The number of nitrogen functional groups attached to an aromatic ring is 2. The maximum Gasteiger partial charge on any atom is 0.323 e. The highest BCUT2D eigenvalue weighted by molar-refractivity contribution is 8.00. The first-order chi connectivity index (χ1) is 21.3. The molecule has 11 nitrogen and oxygen atoms in total. The maximum absolute atomic E-state index is 14.5. The Morgan fingerprint density at radius 1 is 1.20 bits per heavy atom. The van der Waals surface area contributed by atoms with Crippen LogP contribution in [0.1, 0.15) is 41.0 Å². The SMILES string of the molecule is C[C@H](c1cccnc1N)N(CC(F)F)c1nc(OCC2(CN(C)C)CC2(F)F)nc(N2CC3(C2)SCc2sc(N)c(C#N)c23)n1. The van der Waals surface area contributed by atoms with Crippen LogP contribution in [0.25, 0.3) is 0 Å². The third-order valence-electron chi connectivity index (χ3n) is 8.51. The average molecular weight is 665 g/mol. The predicted octanol–water partition coefficient (Wildman–Crippen LogP) is 4.12. The average Bonchev–Trinajstić information content (AvgIpc) is 3.19. The highest BCUT2D eigenvalue weighted by Crippen LogP contribution is 2.61. The zero-order valence-corrected chi connectivity index (χ0v) is 26.4. The number of nitrogens with two attached hydrogens (primary N) is 2. The second kappa shape index (κ2) is 11.3. The lowest BCUT2D eigenvalue weighted by molar-refractivity contribution is 0.0287. The van der Waals surface area contributed by atoms with Gasteiger partial charge in [0, 0.05) is 54.0 Å². The van der Waals surface area contributed by atoms with E-state index in [-0.39, 0.29) is 43.3 Å². The monoisotopic (exact) mass is 664 g/mol. The number of fused-ring (bicyclic) bond motifs is 2. The number of nitriles is 1. The van der Waals surface area contributed by atoms with Crippen LogP contribution in [-0.2, 0) is 10.5 Å². The van der Waals surface area contributed by atoms with Crippen molar-refractivity contribution in [1.29, 1.82) is 5.26 Å². The smallest absolute Gasteiger partial charge is 0.323 e. The quantitative estimate of drug-likeness (QED) is 0.284. The molecule has 240 valence electrons. The minimum absolute atomic E-state index is 0.0822. The number of pyridine rings is 1. The van der Waals surface area contributed by atoms with Crippen LogP contribution in [-0.4, -0.2) is 84.1 Å². The van der Waals surface area contributed by atoms with E-state index in [2.05, 4.69) is 26.0 Å². The molecule has 3 aliphatic rings. The molecule has 2 atom stereocenters. The maximum atomic E-state index is 14.5. The van der Waals surface area contributed by atoms with Crippen molar-refractivity contribution in [3.05, 3.63) is 39.9 Å². The summed E-state index contributed by atoms with van der Waals surface area (Å²) in [5.74, 6) is -2.02. The number of alkyl halides is 4. The minimum atomic E-state index is -2.92. The Hall–Kier alpha value is -3.62. The van der Waals surface area contributed by atoms with Crippen LogP contribution in [0, 0.1) is 16.7 Å². The van der Waals surface area contributed by atoms with Gasteiger partial charge in [0.05, 0.1) is 28.3 Å². The van der Waals surface area contributed by atoms with E-state index in [0.717, 1.165) is 10.4 Å². The molecule has 2 aliphatic heterocycles. The molecule has 6 rings (SSSR count). The van der Waals surface area contributed by atoms with Crippen molar-refractivity contribution < 1.29 is 22.3 Å². The number of thioether (sulfide) groups is 1. The van der Waals surface area contributed by atoms with Crippen molar-refractivity contribution in [3.8, 4) is 12.1 Å². The van der Waals surface area contributed by atoms with Gasteiger partial charge in [0.25, 0.3) is 12.3 Å². The molecule has 5 heterocycles. The molecule has 0 bridgehead atoms. The molecule has 1 unspecified atom stereocenters. The fourth-order valence-corrected chi connectivity index (χ4v) is 8.98. The van der Waals surface area contributed by atoms with Crippen LogP contribution in [0.2, 0.25) is 0 Å². The Labute approximate surface area is 265 Å². The van der Waals surface area contributed by atoms with Gasteiger partial charge in [-0.15, -0.1) is 23.1 Å². The minimum Gasteiger partial charge on any atom is -0.462 e. The van der Waals surface area contributed by atoms with Gasteiger partial charge in [-0.05, 0) is 27.1 Å². The molecule has 3 aromatic heterocycles. The van der Waals surface area contributed by atoms with Gasteiger partial charge in [0.15, 0.2) is 0 Å². The lowest BCUT2D eigenvalue weighted by Gasteiger charge is -2.47. The molecule has 4 N–H and O–H groups in total. The van der Waals surface area contributed by atoms with E-state index < -0.39 is 35.1 Å². The zero-order valence-electron chi connectivity index (χ0n) is 24.8. The number of aromatic nitrogens is 4. The van der Waals surface area contributed by atoms with E-state index in [1.807, 2.05) is 4.90 Å². The van der Waals surface area contributed by atoms with Gasteiger partial charge >= 0.3 is 6.01 Å². The molecule has 0 amide bonds. The van der Waals surface area contributed by atoms with Gasteiger partial charge in [0.1, 0.15) is 23.5 Å². The van der Waals surface area contributed by atoms with Gasteiger partial charge < -0.3 is 30.9 Å². The molecule has 45 heavy (non-hydrogen) atoms. The first kappa shape index (κ1) is 31.4. The van der Waals surface area contributed by atoms with Crippen LogP contribution < -0.4 is 26.0 Å². The van der Waals surface area contributed by atoms with E-state index in [9.17, 15) is 22.8 Å². The van der Waals surface area contributed by atoms with Crippen LogP contribution in [0.4, 0.5) is 40.3 Å². The summed E-state index contributed by atoms with van der Waals surface area (Å²) in [5.41, 5.74) is 12.7. The normalized spacial score (nSPS) is 21.5. The molecule has 1 spiro atoms. The second-order valence-corrected chi connectivity index (χ2v) is 14.5. The lowest BCUT2D eigenvalue weighted by Crippen LogP contribution is -2.57. The molecule has 0 aromatic carbocycles. The first-order valence-electron chi connectivity index (χ1n) is 14.2. The zero-order chi connectivity index (χ0) is 32.3. The molecule has 1 saturated heterocycles. The largest absolute Gasteiger partial charge is 0.462 e. The highest BCUT2D eigenvalue weighted by atomic mass is 32.2. The topological polar surface area (TPSA) is 146 Å². The summed E-state index contributed by atoms with van der Waals surface area (Å²) in [7, 11) is 3.40. The van der Waals surface area contributed by atoms with Gasteiger partial charge in [0.2, 0.25) is 11.9 Å². The third kappa shape index (κ3) is 5.57. The van der Waals surface area contributed by atoms with Crippen molar-refractivity contribution in [3.63, 3.8) is 0 Å². The van der Waals surface area contributed by atoms with E-state index >= 15 is 0 Å². The summed E-state index contributed by atoms with van der Waals surface area (Å²) in [6.07, 6.45) is -1.62. The summed E-state index contributed by atoms with van der Waals surface area (Å²) >= 11 is 3.11. The van der Waals surface area contributed by atoms with Crippen LogP contribution >= 0.6 is 23.1 Å². The van der Waals surface area contributed by atoms with Crippen molar-refractivity contribution in [2.24, 2.45) is 5.41 Å². The van der Waals surface area contributed by atoms with Gasteiger partial charge in [-0.1, -0.05) is 6.07 Å². The van der Waals surface area contributed by atoms with Crippen LogP contribution in [0.15, 0.2) is 18.3 Å². The van der Waals surface area contributed by atoms with Crippen molar-refractivity contribution in [2.75, 3.05) is 68.1 Å². The second-order valence-electron chi connectivity index (χ2n) is 12.0. The first-order valence-corrected chi connectivity index (χ1v) is 16.0. The lowest BCUT2D eigenvalue weighted by atomic mass is 9.88. The van der Waals surface area contributed by atoms with Crippen LogP contribution in [0.3, 0.4) is 0 Å². The molecule has 0 radical (unpaired) electrons. The summed E-state index contributed by atoms with van der Waals surface area (Å²) in [6.45, 7) is 1.48. The number of nitrogens with zero attached hydrogens (tertiary/aromatic N) is 8. The molecule has 2 fully saturated rings. The van der Waals surface area contributed by atoms with E-state index in [1.54, 1.807) is 49.8 Å². The van der Waals surface area contributed by atoms with Gasteiger partial charge in [-0.3, -0.25) is 0 Å². The Morgan fingerprint density at radius 3 is 2.56 bits per heavy atom. The predicted molar refractivity (Wildman–Crippen MR) is 165 cm³/mol.